The second-order valence-corrected chi connectivity index (χ2v) is 6.93. The third-order valence-electron chi connectivity index (χ3n) is 4.86. The van der Waals surface area contributed by atoms with Gasteiger partial charge >= 0.3 is 5.97 Å². The average molecular weight is 390 g/mol. The van der Waals surface area contributed by atoms with Gasteiger partial charge in [-0.3, -0.25) is 4.79 Å². The average Bonchev–Trinajstić information content (AvgIpc) is 3.19. The Hall–Kier alpha value is -3.21. The van der Waals surface area contributed by atoms with Gasteiger partial charge in [0.05, 0.1) is 17.6 Å². The van der Waals surface area contributed by atoms with Crippen LogP contribution in [-0.2, 0) is 9.53 Å². The van der Waals surface area contributed by atoms with Crippen molar-refractivity contribution in [1.29, 1.82) is 0 Å². The highest BCUT2D eigenvalue weighted by molar-refractivity contribution is 5.93. The Kier molecular flexibility index (Phi) is 6.95. The summed E-state index contributed by atoms with van der Waals surface area (Å²) in [6, 6.07) is 19.8. The minimum atomic E-state index is -0.513. The number of carbonyl (C=O) groups is 2. The molecule has 29 heavy (non-hydrogen) atoms. The molecule has 0 saturated carbocycles. The van der Waals surface area contributed by atoms with E-state index < -0.39 is 5.97 Å². The fraction of sp³-hybridized carbons (Fsp3) is 0.292. The minimum Gasteiger partial charge on any atom is -0.454 e. The molecule has 1 atom stereocenters. The molecule has 150 valence electrons. The maximum Gasteiger partial charge on any atom is 0.342 e. The normalized spacial score (nSPS) is 11.8. The molecule has 1 aromatic heterocycles. The summed E-state index contributed by atoms with van der Waals surface area (Å²) in [4.78, 5) is 24.6. The van der Waals surface area contributed by atoms with Crippen molar-refractivity contribution < 1.29 is 14.3 Å². The molecule has 3 rings (SSSR count). The first kappa shape index (κ1) is 20.5. The molecule has 0 radical (unpaired) electrons. The van der Waals surface area contributed by atoms with Gasteiger partial charge in [0, 0.05) is 12.3 Å². The highest BCUT2D eigenvalue weighted by Crippen LogP contribution is 2.32. The van der Waals surface area contributed by atoms with Crippen LogP contribution in [0.3, 0.4) is 0 Å². The molecule has 0 aliphatic carbocycles. The van der Waals surface area contributed by atoms with Crippen LogP contribution in [-0.4, -0.2) is 28.1 Å². The van der Waals surface area contributed by atoms with Crippen molar-refractivity contribution in [2.75, 3.05) is 6.61 Å². The van der Waals surface area contributed by atoms with E-state index in [4.69, 9.17) is 4.74 Å². The molecule has 0 aliphatic rings. The lowest BCUT2D eigenvalue weighted by atomic mass is 9.90. The van der Waals surface area contributed by atoms with E-state index in [1.54, 1.807) is 10.9 Å². The van der Waals surface area contributed by atoms with E-state index in [1.165, 1.54) is 0 Å². The summed E-state index contributed by atoms with van der Waals surface area (Å²) < 4.78 is 7.12. The monoisotopic (exact) mass is 390 g/mol. The highest BCUT2D eigenvalue weighted by atomic mass is 16.5. The Morgan fingerprint density at radius 2 is 1.66 bits per heavy atom. The molecule has 0 saturated heterocycles. The SMILES string of the molecule is CCCC(=O)COC(=O)c1cnn(-c2ccccc2)c1C(CC)c1ccccc1. The fourth-order valence-corrected chi connectivity index (χ4v) is 3.47. The van der Waals surface area contributed by atoms with E-state index in [9.17, 15) is 9.59 Å². The Balaban J connectivity index is 2.02. The van der Waals surface area contributed by atoms with Gasteiger partial charge in [-0.05, 0) is 30.5 Å². The van der Waals surface area contributed by atoms with Crippen molar-refractivity contribution in [2.24, 2.45) is 0 Å². The van der Waals surface area contributed by atoms with E-state index in [0.29, 0.717) is 12.0 Å². The first-order chi connectivity index (χ1) is 14.2. The van der Waals surface area contributed by atoms with Crippen molar-refractivity contribution in [1.82, 2.24) is 9.78 Å². The van der Waals surface area contributed by atoms with Crippen molar-refractivity contribution in [3.05, 3.63) is 83.7 Å². The predicted octanol–water partition coefficient (Wildman–Crippen LogP) is 4.94. The molecule has 1 unspecified atom stereocenters. The zero-order chi connectivity index (χ0) is 20.6. The van der Waals surface area contributed by atoms with E-state index in [1.807, 2.05) is 55.5 Å². The molecular formula is C24H26N2O3. The maximum atomic E-state index is 12.8. The second kappa shape index (κ2) is 9.82. The number of ether oxygens (including phenoxy) is 1. The molecule has 0 fully saturated rings. The van der Waals surface area contributed by atoms with Crippen LogP contribution in [0.4, 0.5) is 0 Å². The van der Waals surface area contributed by atoms with Crippen LogP contribution in [0.25, 0.3) is 5.69 Å². The van der Waals surface area contributed by atoms with Gasteiger partial charge in [-0.25, -0.2) is 9.48 Å². The second-order valence-electron chi connectivity index (χ2n) is 6.93. The smallest absolute Gasteiger partial charge is 0.342 e. The largest absolute Gasteiger partial charge is 0.454 e. The van der Waals surface area contributed by atoms with Gasteiger partial charge in [0.2, 0.25) is 0 Å². The molecule has 0 N–H and O–H groups in total. The van der Waals surface area contributed by atoms with E-state index in [-0.39, 0.29) is 18.3 Å². The first-order valence-corrected chi connectivity index (χ1v) is 10.0. The highest BCUT2D eigenvalue weighted by Gasteiger charge is 2.27. The van der Waals surface area contributed by atoms with Crippen LogP contribution in [0.2, 0.25) is 0 Å². The molecule has 1 heterocycles. The van der Waals surface area contributed by atoms with Gasteiger partial charge in [0.1, 0.15) is 12.2 Å². The van der Waals surface area contributed by atoms with Gasteiger partial charge in [-0.15, -0.1) is 0 Å². The predicted molar refractivity (Wildman–Crippen MR) is 112 cm³/mol. The molecule has 5 nitrogen and oxygen atoms in total. The number of benzene rings is 2. The summed E-state index contributed by atoms with van der Waals surface area (Å²) in [6.45, 7) is 3.80. The summed E-state index contributed by atoms with van der Waals surface area (Å²) >= 11 is 0. The Morgan fingerprint density at radius 1 is 1.00 bits per heavy atom. The summed E-state index contributed by atoms with van der Waals surface area (Å²) in [7, 11) is 0. The van der Waals surface area contributed by atoms with Gasteiger partial charge in [-0.1, -0.05) is 62.4 Å². The van der Waals surface area contributed by atoms with Crippen molar-refractivity contribution >= 4 is 11.8 Å². The van der Waals surface area contributed by atoms with Crippen molar-refractivity contribution in [2.45, 2.75) is 39.0 Å². The lowest BCUT2D eigenvalue weighted by Gasteiger charge is -2.19. The summed E-state index contributed by atoms with van der Waals surface area (Å²) in [5.74, 6) is -0.623. The summed E-state index contributed by atoms with van der Waals surface area (Å²) in [6.07, 6.45) is 3.47. The number of para-hydroxylation sites is 1. The number of hydrogen-bond donors (Lipinski definition) is 0. The van der Waals surface area contributed by atoms with E-state index in [2.05, 4.69) is 24.2 Å². The maximum absolute atomic E-state index is 12.8. The van der Waals surface area contributed by atoms with Crippen LogP contribution in [0.5, 0.6) is 0 Å². The molecule has 2 aromatic carbocycles. The van der Waals surface area contributed by atoms with Crippen molar-refractivity contribution in [3.8, 4) is 5.69 Å². The standard InChI is InChI=1S/C24H26N2O3/c1-3-11-20(27)17-29-24(28)22-16-25-26(19-14-9-6-10-15-19)23(22)21(4-2)18-12-7-5-8-13-18/h5-10,12-16,21H,3-4,11,17H2,1-2H3. The zero-order valence-corrected chi connectivity index (χ0v) is 16.9. The summed E-state index contributed by atoms with van der Waals surface area (Å²) in [5, 5.41) is 4.50. The van der Waals surface area contributed by atoms with Crippen LogP contribution < -0.4 is 0 Å². The number of esters is 1. The van der Waals surface area contributed by atoms with Crippen LogP contribution in [0.1, 0.15) is 60.6 Å². The van der Waals surface area contributed by atoms with Crippen molar-refractivity contribution in [3.63, 3.8) is 0 Å². The molecule has 0 bridgehead atoms. The third kappa shape index (κ3) is 4.80. The Morgan fingerprint density at radius 3 is 2.28 bits per heavy atom. The minimum absolute atomic E-state index is 0.0344. The number of carbonyl (C=O) groups excluding carboxylic acids is 2. The number of Topliss-reactive ketones (excluding diaryl/α,β-unsaturated/α-hetero) is 1. The molecule has 0 aliphatic heterocycles. The molecule has 3 aromatic rings. The van der Waals surface area contributed by atoms with E-state index >= 15 is 0 Å². The third-order valence-corrected chi connectivity index (χ3v) is 4.86. The molecule has 0 spiro atoms. The van der Waals surface area contributed by atoms with Gasteiger partial charge in [0.15, 0.2) is 5.78 Å². The molecule has 0 amide bonds. The van der Waals surface area contributed by atoms with Crippen LogP contribution >= 0.6 is 0 Å². The molecular weight excluding hydrogens is 364 g/mol. The van der Waals surface area contributed by atoms with Gasteiger partial charge < -0.3 is 4.74 Å². The van der Waals surface area contributed by atoms with Gasteiger partial charge in [0.25, 0.3) is 0 Å². The van der Waals surface area contributed by atoms with Crippen LogP contribution in [0.15, 0.2) is 66.9 Å². The zero-order valence-electron chi connectivity index (χ0n) is 16.9. The lowest BCUT2D eigenvalue weighted by Crippen LogP contribution is -2.17. The molecule has 5 heteroatoms. The fourth-order valence-electron chi connectivity index (χ4n) is 3.47. The lowest BCUT2D eigenvalue weighted by molar-refractivity contribution is -0.122. The topological polar surface area (TPSA) is 61.2 Å². The number of hydrogen-bond acceptors (Lipinski definition) is 4. The number of rotatable bonds is 9. The number of nitrogens with zero attached hydrogens (tertiary/aromatic N) is 2. The quantitative estimate of drug-likeness (QED) is 0.486. The van der Waals surface area contributed by atoms with Gasteiger partial charge in [-0.2, -0.15) is 5.10 Å². The van der Waals surface area contributed by atoms with E-state index in [0.717, 1.165) is 29.8 Å². The first-order valence-electron chi connectivity index (χ1n) is 10.0. The summed E-state index contributed by atoms with van der Waals surface area (Å²) in [5.41, 5.74) is 3.15. The number of aromatic nitrogens is 2. The Bertz CT molecular complexity index is 949. The number of ketones is 1. The Labute approximate surface area is 171 Å². The van der Waals surface area contributed by atoms with Crippen LogP contribution in [0, 0.1) is 0 Å².